The summed E-state index contributed by atoms with van der Waals surface area (Å²) >= 11 is 3.18. The van der Waals surface area contributed by atoms with E-state index in [-0.39, 0.29) is 11.3 Å². The van der Waals surface area contributed by atoms with Crippen LogP contribution in [0.5, 0.6) is 11.5 Å². The number of amides is 2. The summed E-state index contributed by atoms with van der Waals surface area (Å²) in [7, 11) is 0. The van der Waals surface area contributed by atoms with Gasteiger partial charge in [-0.3, -0.25) is 20.4 Å². The SMILES string of the molecule is CC(Oc1ccc(F)cc1)C(=O)NNC(=O)c1cc(Br)ccc1O. The maximum Gasteiger partial charge on any atom is 0.279 e. The Kier molecular flexibility index (Phi) is 5.75. The molecule has 0 fully saturated rings. The Balaban J connectivity index is 1.91. The van der Waals surface area contributed by atoms with Crippen molar-refractivity contribution in [1.82, 2.24) is 10.9 Å². The first-order valence-corrected chi connectivity index (χ1v) is 7.67. The number of carbonyl (C=O) groups excluding carboxylic acids is 2. The molecule has 0 saturated carbocycles. The molecule has 0 aliphatic rings. The van der Waals surface area contributed by atoms with Gasteiger partial charge in [0.05, 0.1) is 5.56 Å². The molecule has 2 rings (SSSR count). The Morgan fingerprint density at radius 1 is 1.17 bits per heavy atom. The number of benzene rings is 2. The number of hydrazine groups is 1. The van der Waals surface area contributed by atoms with Crippen molar-refractivity contribution >= 4 is 27.7 Å². The standard InChI is InChI=1S/C16H14BrFN2O4/c1-9(24-12-5-3-11(18)4-6-12)15(22)19-20-16(23)13-8-10(17)2-7-14(13)21/h2-9,21H,1H3,(H,19,22)(H,20,23). The minimum atomic E-state index is -0.924. The van der Waals surface area contributed by atoms with E-state index in [1.54, 1.807) is 6.07 Å². The van der Waals surface area contributed by atoms with Crippen molar-refractivity contribution in [1.29, 1.82) is 0 Å². The number of hydrogen-bond donors (Lipinski definition) is 3. The molecule has 8 heteroatoms. The van der Waals surface area contributed by atoms with E-state index in [2.05, 4.69) is 26.8 Å². The minimum Gasteiger partial charge on any atom is -0.507 e. The largest absolute Gasteiger partial charge is 0.507 e. The fourth-order valence-electron chi connectivity index (χ4n) is 1.75. The molecule has 24 heavy (non-hydrogen) atoms. The van der Waals surface area contributed by atoms with E-state index in [4.69, 9.17) is 4.74 Å². The van der Waals surface area contributed by atoms with Gasteiger partial charge in [0.1, 0.15) is 17.3 Å². The van der Waals surface area contributed by atoms with Crippen LogP contribution in [-0.4, -0.2) is 23.0 Å². The molecule has 0 bridgehead atoms. The van der Waals surface area contributed by atoms with Gasteiger partial charge in [0, 0.05) is 4.47 Å². The van der Waals surface area contributed by atoms with Crippen LogP contribution in [0.4, 0.5) is 4.39 Å². The Morgan fingerprint density at radius 3 is 2.50 bits per heavy atom. The van der Waals surface area contributed by atoms with E-state index in [9.17, 15) is 19.1 Å². The van der Waals surface area contributed by atoms with E-state index < -0.39 is 23.7 Å². The van der Waals surface area contributed by atoms with E-state index in [1.807, 2.05) is 0 Å². The lowest BCUT2D eigenvalue weighted by atomic mass is 10.2. The molecule has 2 aromatic rings. The number of phenols is 1. The fraction of sp³-hybridized carbons (Fsp3) is 0.125. The average molecular weight is 397 g/mol. The second kappa shape index (κ2) is 7.78. The highest BCUT2D eigenvalue weighted by Crippen LogP contribution is 2.21. The zero-order valence-electron chi connectivity index (χ0n) is 12.5. The average Bonchev–Trinajstić information content (AvgIpc) is 2.56. The summed E-state index contributed by atoms with van der Waals surface area (Å²) in [4.78, 5) is 23.9. The number of rotatable bonds is 4. The van der Waals surface area contributed by atoms with Crippen molar-refractivity contribution < 1.29 is 23.8 Å². The van der Waals surface area contributed by atoms with Gasteiger partial charge >= 0.3 is 0 Å². The minimum absolute atomic E-state index is 0.00298. The molecule has 0 aromatic heterocycles. The Hall–Kier alpha value is -2.61. The van der Waals surface area contributed by atoms with Crippen molar-refractivity contribution in [3.8, 4) is 11.5 Å². The highest BCUT2D eigenvalue weighted by molar-refractivity contribution is 9.10. The summed E-state index contributed by atoms with van der Waals surface area (Å²) in [6.45, 7) is 1.47. The molecule has 0 aliphatic carbocycles. The second-order valence-corrected chi connectivity index (χ2v) is 5.73. The molecule has 2 amide bonds. The van der Waals surface area contributed by atoms with Crippen molar-refractivity contribution in [2.75, 3.05) is 0 Å². The molecule has 3 N–H and O–H groups in total. The number of halogens is 2. The lowest BCUT2D eigenvalue weighted by molar-refractivity contribution is -0.128. The quantitative estimate of drug-likeness (QED) is 0.692. The van der Waals surface area contributed by atoms with Crippen LogP contribution in [0.25, 0.3) is 0 Å². The number of aromatic hydroxyl groups is 1. The number of carbonyl (C=O) groups is 2. The van der Waals surface area contributed by atoms with Gasteiger partial charge in [-0.05, 0) is 49.4 Å². The monoisotopic (exact) mass is 396 g/mol. The van der Waals surface area contributed by atoms with Crippen molar-refractivity contribution in [2.45, 2.75) is 13.0 Å². The maximum absolute atomic E-state index is 12.8. The molecule has 0 heterocycles. The van der Waals surface area contributed by atoms with Crippen LogP contribution in [0, 0.1) is 5.82 Å². The summed E-state index contributed by atoms with van der Waals surface area (Å²) in [6.07, 6.45) is -0.924. The maximum atomic E-state index is 12.8. The van der Waals surface area contributed by atoms with Gasteiger partial charge in [-0.1, -0.05) is 15.9 Å². The van der Waals surface area contributed by atoms with Crippen molar-refractivity contribution in [3.05, 3.63) is 58.3 Å². The van der Waals surface area contributed by atoms with Gasteiger partial charge in [0.25, 0.3) is 11.8 Å². The molecular formula is C16H14BrFN2O4. The first-order valence-electron chi connectivity index (χ1n) is 6.88. The predicted octanol–water partition coefficient (Wildman–Crippen LogP) is 2.52. The molecule has 1 atom stereocenters. The zero-order chi connectivity index (χ0) is 17.7. The molecule has 0 saturated heterocycles. The van der Waals surface area contributed by atoms with Crippen LogP contribution in [-0.2, 0) is 4.79 Å². The van der Waals surface area contributed by atoms with Crippen molar-refractivity contribution in [3.63, 3.8) is 0 Å². The van der Waals surface area contributed by atoms with E-state index in [0.717, 1.165) is 0 Å². The van der Waals surface area contributed by atoms with Crippen LogP contribution in [0.1, 0.15) is 17.3 Å². The van der Waals surface area contributed by atoms with Gasteiger partial charge in [-0.25, -0.2) is 4.39 Å². The fourth-order valence-corrected chi connectivity index (χ4v) is 2.11. The lowest BCUT2D eigenvalue weighted by Crippen LogP contribution is -2.47. The highest BCUT2D eigenvalue weighted by Gasteiger charge is 2.17. The van der Waals surface area contributed by atoms with E-state index >= 15 is 0 Å². The first-order chi connectivity index (χ1) is 11.4. The molecule has 126 valence electrons. The molecule has 2 aromatic carbocycles. The summed E-state index contributed by atoms with van der Waals surface area (Å²) in [6, 6.07) is 9.52. The number of ether oxygens (including phenoxy) is 1. The Bertz CT molecular complexity index is 752. The van der Waals surface area contributed by atoms with Crippen LogP contribution < -0.4 is 15.6 Å². The van der Waals surface area contributed by atoms with Gasteiger partial charge < -0.3 is 9.84 Å². The van der Waals surface area contributed by atoms with Crippen LogP contribution in [0.3, 0.4) is 0 Å². The zero-order valence-corrected chi connectivity index (χ0v) is 14.1. The molecule has 0 aliphatic heterocycles. The van der Waals surface area contributed by atoms with Crippen LogP contribution in [0.15, 0.2) is 46.9 Å². The van der Waals surface area contributed by atoms with Crippen molar-refractivity contribution in [2.24, 2.45) is 0 Å². The molecule has 0 spiro atoms. The normalized spacial score (nSPS) is 11.5. The molecule has 1 unspecified atom stereocenters. The summed E-state index contributed by atoms with van der Waals surface area (Å²) in [5, 5.41) is 9.65. The van der Waals surface area contributed by atoms with Gasteiger partial charge in [-0.15, -0.1) is 0 Å². The molecular weight excluding hydrogens is 383 g/mol. The van der Waals surface area contributed by atoms with Gasteiger partial charge in [0.2, 0.25) is 0 Å². The third-order valence-electron chi connectivity index (χ3n) is 3.00. The van der Waals surface area contributed by atoms with Crippen LogP contribution >= 0.6 is 15.9 Å². The highest BCUT2D eigenvalue weighted by atomic mass is 79.9. The third-order valence-corrected chi connectivity index (χ3v) is 3.49. The Morgan fingerprint density at radius 2 is 1.83 bits per heavy atom. The molecule has 6 nitrogen and oxygen atoms in total. The molecule has 0 radical (unpaired) electrons. The smallest absolute Gasteiger partial charge is 0.279 e. The first kappa shape index (κ1) is 17.7. The number of hydrogen-bond acceptors (Lipinski definition) is 4. The number of nitrogens with one attached hydrogen (secondary N) is 2. The summed E-state index contributed by atoms with van der Waals surface area (Å²) in [5.41, 5.74) is 4.38. The lowest BCUT2D eigenvalue weighted by Gasteiger charge is -2.15. The third kappa shape index (κ3) is 4.69. The van der Waals surface area contributed by atoms with Gasteiger partial charge in [0.15, 0.2) is 6.10 Å². The number of phenolic OH excluding ortho intramolecular Hbond substituents is 1. The van der Waals surface area contributed by atoms with Crippen LogP contribution in [0.2, 0.25) is 0 Å². The van der Waals surface area contributed by atoms with Gasteiger partial charge in [-0.2, -0.15) is 0 Å². The predicted molar refractivity (Wildman–Crippen MR) is 87.9 cm³/mol. The van der Waals surface area contributed by atoms with E-state index in [0.29, 0.717) is 10.2 Å². The van der Waals surface area contributed by atoms with E-state index in [1.165, 1.54) is 43.3 Å². The summed E-state index contributed by atoms with van der Waals surface area (Å²) < 4.78 is 18.7. The second-order valence-electron chi connectivity index (χ2n) is 4.82. The Labute approximate surface area is 145 Å². The topological polar surface area (TPSA) is 87.7 Å². The summed E-state index contributed by atoms with van der Waals surface area (Å²) in [5.74, 6) is -1.62.